The maximum absolute atomic E-state index is 11.1. The monoisotopic (exact) mass is 172 g/mol. The lowest BCUT2D eigenvalue weighted by Gasteiger charge is -2.26. The number of likely N-dealkylation sites (N-methyl/N-ethyl adjacent to an activating group) is 1. The zero-order chi connectivity index (χ0) is 9.14. The Hall–Kier alpha value is -0.770. The standard InChI is InChI=1S/C8H16N2O2/c1-9-8(12)10(2)6-4-3-5-7(6)11/h6-7,11H,3-5H2,1-2H3,(H,9,12)/t6-,7-/m1/s1. The quantitative estimate of drug-likeness (QED) is 0.592. The summed E-state index contributed by atoms with van der Waals surface area (Å²) >= 11 is 0. The van der Waals surface area contributed by atoms with Gasteiger partial charge in [-0.2, -0.15) is 0 Å². The Labute approximate surface area is 72.6 Å². The SMILES string of the molecule is CNC(=O)N(C)[C@@H]1CCC[C@H]1O. The van der Waals surface area contributed by atoms with Gasteiger partial charge in [-0.25, -0.2) is 4.79 Å². The summed E-state index contributed by atoms with van der Waals surface area (Å²) in [5.74, 6) is 0. The van der Waals surface area contributed by atoms with Crippen molar-refractivity contribution in [3.8, 4) is 0 Å². The van der Waals surface area contributed by atoms with Crippen molar-refractivity contribution < 1.29 is 9.90 Å². The highest BCUT2D eigenvalue weighted by molar-refractivity contribution is 5.73. The van der Waals surface area contributed by atoms with Crippen molar-refractivity contribution in [2.75, 3.05) is 14.1 Å². The zero-order valence-corrected chi connectivity index (χ0v) is 7.58. The minimum atomic E-state index is -0.340. The van der Waals surface area contributed by atoms with Crippen molar-refractivity contribution in [3.05, 3.63) is 0 Å². The number of hydrogen-bond donors (Lipinski definition) is 2. The summed E-state index contributed by atoms with van der Waals surface area (Å²) in [6.45, 7) is 0. The number of urea groups is 1. The van der Waals surface area contributed by atoms with Crippen LogP contribution < -0.4 is 5.32 Å². The molecule has 0 bridgehead atoms. The van der Waals surface area contributed by atoms with Crippen molar-refractivity contribution in [2.45, 2.75) is 31.4 Å². The first kappa shape index (κ1) is 9.32. The van der Waals surface area contributed by atoms with Crippen LogP contribution in [0, 0.1) is 0 Å². The number of aliphatic hydroxyl groups excluding tert-OH is 1. The highest BCUT2D eigenvalue weighted by Crippen LogP contribution is 2.22. The smallest absolute Gasteiger partial charge is 0.317 e. The third-order valence-electron chi connectivity index (χ3n) is 2.48. The van der Waals surface area contributed by atoms with E-state index in [4.69, 9.17) is 0 Å². The molecule has 1 aliphatic carbocycles. The lowest BCUT2D eigenvalue weighted by molar-refractivity contribution is 0.0988. The molecule has 0 aromatic carbocycles. The average Bonchev–Trinajstić information content (AvgIpc) is 2.48. The van der Waals surface area contributed by atoms with E-state index in [1.165, 1.54) is 0 Å². The highest BCUT2D eigenvalue weighted by atomic mass is 16.3. The molecule has 1 rings (SSSR count). The van der Waals surface area contributed by atoms with Crippen molar-refractivity contribution in [3.63, 3.8) is 0 Å². The van der Waals surface area contributed by atoms with Crippen molar-refractivity contribution in [2.24, 2.45) is 0 Å². The molecule has 0 aliphatic heterocycles. The molecule has 0 unspecified atom stereocenters. The van der Waals surface area contributed by atoms with Gasteiger partial charge in [-0.3, -0.25) is 0 Å². The van der Waals surface area contributed by atoms with Gasteiger partial charge in [0, 0.05) is 14.1 Å². The van der Waals surface area contributed by atoms with E-state index < -0.39 is 0 Å². The van der Waals surface area contributed by atoms with Crippen LogP contribution in [0.5, 0.6) is 0 Å². The molecule has 1 saturated carbocycles. The fourth-order valence-corrected chi connectivity index (χ4v) is 1.70. The third kappa shape index (κ3) is 1.69. The molecule has 1 fully saturated rings. The Bertz CT molecular complexity index is 172. The minimum absolute atomic E-state index is 0.00458. The normalized spacial score (nSPS) is 28.6. The molecular weight excluding hydrogens is 156 g/mol. The number of rotatable bonds is 1. The maximum Gasteiger partial charge on any atom is 0.317 e. The maximum atomic E-state index is 11.1. The van der Waals surface area contributed by atoms with Crippen LogP contribution >= 0.6 is 0 Å². The van der Waals surface area contributed by atoms with Crippen LogP contribution in [-0.2, 0) is 0 Å². The fraction of sp³-hybridized carbons (Fsp3) is 0.875. The van der Waals surface area contributed by atoms with E-state index >= 15 is 0 Å². The summed E-state index contributed by atoms with van der Waals surface area (Å²) in [5.41, 5.74) is 0. The predicted molar refractivity (Wildman–Crippen MR) is 45.9 cm³/mol. The van der Waals surface area contributed by atoms with Crippen LogP contribution in [0.4, 0.5) is 4.79 Å². The van der Waals surface area contributed by atoms with Crippen LogP contribution in [0.1, 0.15) is 19.3 Å². The highest BCUT2D eigenvalue weighted by Gasteiger charge is 2.30. The molecule has 0 spiro atoms. The molecule has 1 aliphatic rings. The van der Waals surface area contributed by atoms with E-state index in [9.17, 15) is 9.90 Å². The second-order valence-corrected chi connectivity index (χ2v) is 3.23. The second-order valence-electron chi connectivity index (χ2n) is 3.23. The lowest BCUT2D eigenvalue weighted by Crippen LogP contribution is -2.45. The van der Waals surface area contributed by atoms with E-state index in [1.54, 1.807) is 19.0 Å². The van der Waals surface area contributed by atoms with Crippen LogP contribution in [0.3, 0.4) is 0 Å². The van der Waals surface area contributed by atoms with E-state index in [1.807, 2.05) is 0 Å². The average molecular weight is 172 g/mol. The van der Waals surface area contributed by atoms with Gasteiger partial charge in [-0.1, -0.05) is 0 Å². The summed E-state index contributed by atoms with van der Waals surface area (Å²) < 4.78 is 0. The van der Waals surface area contributed by atoms with Gasteiger partial charge < -0.3 is 15.3 Å². The molecule has 70 valence electrons. The molecule has 2 N–H and O–H groups in total. The summed E-state index contributed by atoms with van der Waals surface area (Å²) in [6, 6.07) is -0.120. The van der Waals surface area contributed by atoms with Gasteiger partial charge in [0.05, 0.1) is 12.1 Å². The third-order valence-corrected chi connectivity index (χ3v) is 2.48. The topological polar surface area (TPSA) is 52.6 Å². The van der Waals surface area contributed by atoms with Gasteiger partial charge in [0.2, 0.25) is 0 Å². The Balaban J connectivity index is 2.51. The van der Waals surface area contributed by atoms with Crippen molar-refractivity contribution >= 4 is 6.03 Å². The molecule has 2 amide bonds. The molecular formula is C8H16N2O2. The number of carbonyl (C=O) groups excluding carboxylic acids is 1. The molecule has 12 heavy (non-hydrogen) atoms. The van der Waals surface area contributed by atoms with E-state index in [-0.39, 0.29) is 18.2 Å². The first-order valence-electron chi connectivity index (χ1n) is 4.29. The van der Waals surface area contributed by atoms with Gasteiger partial charge in [0.15, 0.2) is 0 Å². The van der Waals surface area contributed by atoms with E-state index in [0.29, 0.717) is 0 Å². The first-order valence-corrected chi connectivity index (χ1v) is 4.29. The zero-order valence-electron chi connectivity index (χ0n) is 7.58. The molecule has 0 heterocycles. The molecule has 0 aromatic heterocycles. The number of hydrogen-bond acceptors (Lipinski definition) is 2. The number of nitrogens with zero attached hydrogens (tertiary/aromatic N) is 1. The summed E-state index contributed by atoms with van der Waals surface area (Å²) in [4.78, 5) is 12.7. The Kier molecular flexibility index (Phi) is 2.92. The first-order chi connectivity index (χ1) is 5.66. The Morgan fingerprint density at radius 3 is 2.67 bits per heavy atom. The number of nitrogens with one attached hydrogen (secondary N) is 1. The molecule has 0 aromatic rings. The molecule has 2 atom stereocenters. The van der Waals surface area contributed by atoms with E-state index in [0.717, 1.165) is 19.3 Å². The largest absolute Gasteiger partial charge is 0.391 e. The number of amides is 2. The summed E-state index contributed by atoms with van der Waals surface area (Å²) in [7, 11) is 3.32. The van der Waals surface area contributed by atoms with E-state index in [2.05, 4.69) is 5.32 Å². The number of carbonyl (C=O) groups is 1. The molecule has 4 nitrogen and oxygen atoms in total. The molecule has 0 saturated heterocycles. The Morgan fingerprint density at radius 1 is 1.58 bits per heavy atom. The van der Waals surface area contributed by atoms with Gasteiger partial charge in [0.1, 0.15) is 0 Å². The minimum Gasteiger partial charge on any atom is -0.391 e. The van der Waals surface area contributed by atoms with Gasteiger partial charge in [-0.05, 0) is 19.3 Å². The van der Waals surface area contributed by atoms with Crippen molar-refractivity contribution in [1.82, 2.24) is 10.2 Å². The van der Waals surface area contributed by atoms with Gasteiger partial charge in [0.25, 0.3) is 0 Å². The van der Waals surface area contributed by atoms with Crippen LogP contribution in [0.25, 0.3) is 0 Å². The second kappa shape index (κ2) is 3.76. The number of aliphatic hydroxyl groups is 1. The summed E-state index contributed by atoms with van der Waals surface area (Å²) in [5, 5.41) is 12.0. The van der Waals surface area contributed by atoms with Crippen LogP contribution in [0.2, 0.25) is 0 Å². The summed E-state index contributed by atoms with van der Waals surface area (Å²) in [6.07, 6.45) is 2.39. The van der Waals surface area contributed by atoms with Gasteiger partial charge >= 0.3 is 6.03 Å². The van der Waals surface area contributed by atoms with Crippen LogP contribution in [0.15, 0.2) is 0 Å². The van der Waals surface area contributed by atoms with Crippen molar-refractivity contribution in [1.29, 1.82) is 0 Å². The predicted octanol–water partition coefficient (Wildman–Crippen LogP) is 0.171. The lowest BCUT2D eigenvalue weighted by atomic mass is 10.2. The Morgan fingerprint density at radius 2 is 2.25 bits per heavy atom. The van der Waals surface area contributed by atoms with Gasteiger partial charge in [-0.15, -0.1) is 0 Å². The molecule has 4 heteroatoms. The molecule has 0 radical (unpaired) electrons. The fourth-order valence-electron chi connectivity index (χ4n) is 1.70. The van der Waals surface area contributed by atoms with Crippen LogP contribution in [-0.4, -0.2) is 42.3 Å².